The molecule has 0 saturated carbocycles. The van der Waals surface area contributed by atoms with Crippen molar-refractivity contribution in [2.75, 3.05) is 18.0 Å². The van der Waals surface area contributed by atoms with Crippen molar-refractivity contribution in [3.8, 4) is 6.07 Å². The van der Waals surface area contributed by atoms with Crippen molar-refractivity contribution < 1.29 is 9.50 Å². The first-order chi connectivity index (χ1) is 8.52. The number of rotatable bonds is 1. The maximum absolute atomic E-state index is 13.1. The standard InChI is InChI=1S/C14H17FN2O/c1-14(18)5-2-7-17(8-6-14)13-4-3-12(15)9-11(13)10-16/h3-4,9,18H,2,5-8H2,1H3. The summed E-state index contributed by atoms with van der Waals surface area (Å²) in [5.41, 5.74) is 0.481. The van der Waals surface area contributed by atoms with Crippen molar-refractivity contribution in [1.29, 1.82) is 5.26 Å². The van der Waals surface area contributed by atoms with Crippen LogP contribution in [0.25, 0.3) is 0 Å². The summed E-state index contributed by atoms with van der Waals surface area (Å²) in [4.78, 5) is 2.06. The van der Waals surface area contributed by atoms with Gasteiger partial charge in [-0.1, -0.05) is 0 Å². The Balaban J connectivity index is 2.24. The topological polar surface area (TPSA) is 47.3 Å². The number of anilines is 1. The lowest BCUT2D eigenvalue weighted by Gasteiger charge is -2.25. The average molecular weight is 248 g/mol. The number of nitrogens with zero attached hydrogens (tertiary/aromatic N) is 2. The fraction of sp³-hybridized carbons (Fsp3) is 0.500. The lowest BCUT2D eigenvalue weighted by Crippen LogP contribution is -2.28. The minimum Gasteiger partial charge on any atom is -0.390 e. The number of hydrogen-bond donors (Lipinski definition) is 1. The predicted octanol–water partition coefficient (Wildman–Crippen LogP) is 2.44. The summed E-state index contributed by atoms with van der Waals surface area (Å²) in [5.74, 6) is -0.392. The van der Waals surface area contributed by atoms with Gasteiger partial charge in [0.25, 0.3) is 0 Å². The highest BCUT2D eigenvalue weighted by Crippen LogP contribution is 2.27. The van der Waals surface area contributed by atoms with Gasteiger partial charge in [-0.15, -0.1) is 0 Å². The van der Waals surface area contributed by atoms with E-state index in [0.29, 0.717) is 18.5 Å². The van der Waals surface area contributed by atoms with Crippen LogP contribution in [0, 0.1) is 17.1 Å². The summed E-state index contributed by atoms with van der Waals surface area (Å²) in [6, 6.07) is 6.31. The van der Waals surface area contributed by atoms with Crippen LogP contribution in [0.5, 0.6) is 0 Å². The van der Waals surface area contributed by atoms with E-state index in [4.69, 9.17) is 5.26 Å². The van der Waals surface area contributed by atoms with Gasteiger partial charge < -0.3 is 10.0 Å². The third kappa shape index (κ3) is 2.80. The smallest absolute Gasteiger partial charge is 0.124 e. The molecule has 0 aromatic heterocycles. The van der Waals surface area contributed by atoms with E-state index in [1.54, 1.807) is 6.07 Å². The van der Waals surface area contributed by atoms with Crippen molar-refractivity contribution in [3.05, 3.63) is 29.6 Å². The quantitative estimate of drug-likeness (QED) is 0.830. The molecule has 1 saturated heterocycles. The molecule has 1 aliphatic heterocycles. The van der Waals surface area contributed by atoms with E-state index in [0.717, 1.165) is 25.1 Å². The zero-order valence-electron chi connectivity index (χ0n) is 10.5. The molecule has 1 unspecified atom stereocenters. The second-order valence-electron chi connectivity index (χ2n) is 5.11. The van der Waals surface area contributed by atoms with Gasteiger partial charge in [-0.05, 0) is 44.4 Å². The summed E-state index contributed by atoms with van der Waals surface area (Å²) >= 11 is 0. The molecule has 0 aliphatic carbocycles. The minimum absolute atomic E-state index is 0.358. The molecular formula is C14H17FN2O. The first-order valence-electron chi connectivity index (χ1n) is 6.19. The van der Waals surface area contributed by atoms with E-state index in [2.05, 4.69) is 4.90 Å². The monoisotopic (exact) mass is 248 g/mol. The SMILES string of the molecule is CC1(O)CCCN(c2ccc(F)cc2C#N)CC1. The molecule has 1 heterocycles. The van der Waals surface area contributed by atoms with Crippen LogP contribution in [0.15, 0.2) is 18.2 Å². The fourth-order valence-electron chi connectivity index (χ4n) is 2.38. The Morgan fingerprint density at radius 1 is 1.39 bits per heavy atom. The van der Waals surface area contributed by atoms with Gasteiger partial charge in [0, 0.05) is 13.1 Å². The van der Waals surface area contributed by atoms with Crippen molar-refractivity contribution in [2.24, 2.45) is 0 Å². The number of aliphatic hydroxyl groups is 1. The van der Waals surface area contributed by atoms with Gasteiger partial charge in [0.2, 0.25) is 0 Å². The second kappa shape index (κ2) is 4.95. The molecule has 96 valence electrons. The molecule has 2 rings (SSSR count). The Hall–Kier alpha value is -1.60. The Morgan fingerprint density at radius 2 is 2.17 bits per heavy atom. The Labute approximate surface area is 106 Å². The summed E-state index contributed by atoms with van der Waals surface area (Å²) < 4.78 is 13.1. The van der Waals surface area contributed by atoms with E-state index in [9.17, 15) is 9.50 Å². The molecule has 0 spiro atoms. The highest BCUT2D eigenvalue weighted by atomic mass is 19.1. The Kier molecular flexibility index (Phi) is 3.53. The van der Waals surface area contributed by atoms with Crippen LogP contribution >= 0.6 is 0 Å². The zero-order valence-corrected chi connectivity index (χ0v) is 10.5. The molecule has 3 nitrogen and oxygen atoms in total. The highest BCUT2D eigenvalue weighted by Gasteiger charge is 2.25. The van der Waals surface area contributed by atoms with Crippen molar-refractivity contribution in [2.45, 2.75) is 31.8 Å². The van der Waals surface area contributed by atoms with Gasteiger partial charge in [-0.25, -0.2) is 4.39 Å². The maximum Gasteiger partial charge on any atom is 0.124 e. The van der Waals surface area contributed by atoms with E-state index in [1.807, 2.05) is 13.0 Å². The van der Waals surface area contributed by atoms with Crippen LogP contribution in [-0.4, -0.2) is 23.8 Å². The molecule has 0 bridgehead atoms. The van der Waals surface area contributed by atoms with Crippen molar-refractivity contribution >= 4 is 5.69 Å². The van der Waals surface area contributed by atoms with Crippen molar-refractivity contribution in [1.82, 2.24) is 0 Å². The van der Waals surface area contributed by atoms with E-state index in [1.165, 1.54) is 12.1 Å². The lowest BCUT2D eigenvalue weighted by atomic mass is 9.98. The second-order valence-corrected chi connectivity index (χ2v) is 5.11. The molecule has 1 fully saturated rings. The molecule has 18 heavy (non-hydrogen) atoms. The molecule has 1 N–H and O–H groups in total. The Bertz CT molecular complexity index is 479. The normalized spacial score (nSPS) is 24.4. The number of benzene rings is 1. The molecule has 1 atom stereocenters. The van der Waals surface area contributed by atoms with Gasteiger partial charge in [-0.3, -0.25) is 0 Å². The fourth-order valence-corrected chi connectivity index (χ4v) is 2.38. The van der Waals surface area contributed by atoms with Crippen molar-refractivity contribution in [3.63, 3.8) is 0 Å². The molecule has 1 aliphatic rings. The van der Waals surface area contributed by atoms with E-state index >= 15 is 0 Å². The molecular weight excluding hydrogens is 231 g/mol. The third-order valence-corrected chi connectivity index (χ3v) is 3.48. The summed E-state index contributed by atoms with van der Waals surface area (Å²) in [6.45, 7) is 3.32. The Morgan fingerprint density at radius 3 is 2.89 bits per heavy atom. The molecule has 0 amide bonds. The van der Waals surface area contributed by atoms with Crippen LogP contribution in [0.1, 0.15) is 31.7 Å². The first kappa shape index (κ1) is 12.8. The predicted molar refractivity (Wildman–Crippen MR) is 67.8 cm³/mol. The number of halogens is 1. The molecule has 4 heteroatoms. The number of hydrogen-bond acceptors (Lipinski definition) is 3. The summed E-state index contributed by atoms with van der Waals surface area (Å²) in [6.07, 6.45) is 2.29. The largest absolute Gasteiger partial charge is 0.390 e. The van der Waals surface area contributed by atoms with Crippen LogP contribution < -0.4 is 4.90 Å². The van der Waals surface area contributed by atoms with Gasteiger partial charge in [0.1, 0.15) is 11.9 Å². The maximum atomic E-state index is 13.1. The van der Waals surface area contributed by atoms with Gasteiger partial charge in [0.05, 0.1) is 16.9 Å². The van der Waals surface area contributed by atoms with E-state index in [-0.39, 0.29) is 0 Å². The summed E-state index contributed by atoms with van der Waals surface area (Å²) in [5, 5.41) is 19.1. The lowest BCUT2D eigenvalue weighted by molar-refractivity contribution is 0.0481. The number of nitriles is 1. The molecule has 1 aromatic carbocycles. The molecule has 0 radical (unpaired) electrons. The van der Waals surface area contributed by atoms with Gasteiger partial charge in [-0.2, -0.15) is 5.26 Å². The first-order valence-corrected chi connectivity index (χ1v) is 6.19. The third-order valence-electron chi connectivity index (χ3n) is 3.48. The van der Waals surface area contributed by atoms with Crippen LogP contribution in [0.4, 0.5) is 10.1 Å². The zero-order chi connectivity index (χ0) is 13.2. The van der Waals surface area contributed by atoms with Crippen LogP contribution in [0.2, 0.25) is 0 Å². The molecule has 1 aromatic rings. The van der Waals surface area contributed by atoms with Gasteiger partial charge in [0.15, 0.2) is 0 Å². The van der Waals surface area contributed by atoms with Crippen LogP contribution in [0.3, 0.4) is 0 Å². The minimum atomic E-state index is -0.637. The van der Waals surface area contributed by atoms with Gasteiger partial charge >= 0.3 is 0 Å². The van der Waals surface area contributed by atoms with E-state index < -0.39 is 11.4 Å². The van der Waals surface area contributed by atoms with Crippen LogP contribution in [-0.2, 0) is 0 Å². The summed E-state index contributed by atoms with van der Waals surface area (Å²) in [7, 11) is 0. The average Bonchev–Trinajstić information content (AvgIpc) is 2.50. The highest BCUT2D eigenvalue weighted by molar-refractivity contribution is 5.59.